The van der Waals surface area contributed by atoms with Gasteiger partial charge in [0.2, 0.25) is 0 Å². The topological polar surface area (TPSA) is 40.5 Å². The molecule has 0 bridgehead atoms. The highest BCUT2D eigenvalue weighted by Gasteiger charge is 2.11. The standard InChI is InChI=1S/C5H13O2P/c1-3-5(4-2)8(6)7/h5-7H,3-4H2,1-2H3. The van der Waals surface area contributed by atoms with Gasteiger partial charge in [0.25, 0.3) is 0 Å². The van der Waals surface area contributed by atoms with Gasteiger partial charge in [0.05, 0.1) is 0 Å². The van der Waals surface area contributed by atoms with Crippen LogP contribution in [0.2, 0.25) is 0 Å². The predicted octanol–water partition coefficient (Wildman–Crippen LogP) is 1.47. The minimum Gasteiger partial charge on any atom is -0.350 e. The summed E-state index contributed by atoms with van der Waals surface area (Å²) in [4.78, 5) is 17.3. The van der Waals surface area contributed by atoms with Crippen LogP contribution >= 0.6 is 8.38 Å². The third-order valence-corrected chi connectivity index (χ3v) is 2.65. The average molecular weight is 136 g/mol. The molecule has 0 rings (SSSR count). The second kappa shape index (κ2) is 4.25. The first kappa shape index (κ1) is 8.35. The molecule has 0 aliphatic carbocycles. The highest BCUT2D eigenvalue weighted by atomic mass is 31.2. The van der Waals surface area contributed by atoms with E-state index in [1.165, 1.54) is 0 Å². The highest BCUT2D eigenvalue weighted by Crippen LogP contribution is 2.34. The lowest BCUT2D eigenvalue weighted by Gasteiger charge is -2.11. The zero-order valence-electron chi connectivity index (χ0n) is 5.33. The maximum absolute atomic E-state index is 8.63. The van der Waals surface area contributed by atoms with Crippen molar-refractivity contribution in [1.82, 2.24) is 0 Å². The monoisotopic (exact) mass is 136 g/mol. The second-order valence-electron chi connectivity index (χ2n) is 1.79. The van der Waals surface area contributed by atoms with Gasteiger partial charge in [0.1, 0.15) is 0 Å². The first-order chi connectivity index (χ1) is 3.72. The van der Waals surface area contributed by atoms with Crippen LogP contribution in [0.3, 0.4) is 0 Å². The molecule has 0 unspecified atom stereocenters. The van der Waals surface area contributed by atoms with E-state index in [9.17, 15) is 0 Å². The van der Waals surface area contributed by atoms with Crippen molar-refractivity contribution in [3.05, 3.63) is 0 Å². The van der Waals surface area contributed by atoms with Crippen molar-refractivity contribution in [2.45, 2.75) is 32.3 Å². The molecule has 0 aromatic heterocycles. The minimum atomic E-state index is -1.66. The molecular weight excluding hydrogens is 123 g/mol. The third-order valence-electron chi connectivity index (χ3n) is 1.27. The molecule has 0 aromatic carbocycles. The van der Waals surface area contributed by atoms with E-state index >= 15 is 0 Å². The fourth-order valence-corrected chi connectivity index (χ4v) is 1.27. The molecule has 0 fully saturated rings. The maximum Gasteiger partial charge on any atom is 0.168 e. The second-order valence-corrected chi connectivity index (χ2v) is 3.16. The van der Waals surface area contributed by atoms with Crippen molar-refractivity contribution < 1.29 is 9.79 Å². The van der Waals surface area contributed by atoms with Crippen molar-refractivity contribution >= 4 is 8.38 Å². The zero-order chi connectivity index (χ0) is 6.57. The van der Waals surface area contributed by atoms with Crippen molar-refractivity contribution in [1.29, 1.82) is 0 Å². The average Bonchev–Trinajstić information content (AvgIpc) is 1.69. The van der Waals surface area contributed by atoms with Crippen LogP contribution in [0.25, 0.3) is 0 Å². The van der Waals surface area contributed by atoms with Gasteiger partial charge >= 0.3 is 0 Å². The molecule has 0 aliphatic heterocycles. The van der Waals surface area contributed by atoms with Crippen LogP contribution in [-0.2, 0) is 0 Å². The van der Waals surface area contributed by atoms with Gasteiger partial charge in [-0.2, -0.15) is 0 Å². The van der Waals surface area contributed by atoms with Crippen LogP contribution < -0.4 is 0 Å². The van der Waals surface area contributed by atoms with E-state index in [0.717, 1.165) is 12.8 Å². The summed E-state index contributed by atoms with van der Waals surface area (Å²) in [6.45, 7) is 3.94. The van der Waals surface area contributed by atoms with Gasteiger partial charge in [-0.25, -0.2) is 0 Å². The molecule has 0 saturated heterocycles. The van der Waals surface area contributed by atoms with Gasteiger partial charge < -0.3 is 9.79 Å². The summed E-state index contributed by atoms with van der Waals surface area (Å²) < 4.78 is 0. The van der Waals surface area contributed by atoms with E-state index in [1.54, 1.807) is 0 Å². The van der Waals surface area contributed by atoms with E-state index in [1.807, 2.05) is 13.8 Å². The van der Waals surface area contributed by atoms with E-state index in [4.69, 9.17) is 9.79 Å². The van der Waals surface area contributed by atoms with Gasteiger partial charge in [-0.3, -0.25) is 0 Å². The Hall–Kier alpha value is 0.350. The fourth-order valence-electron chi connectivity index (χ4n) is 0.615. The lowest BCUT2D eigenvalue weighted by atomic mass is 10.3. The lowest BCUT2D eigenvalue weighted by molar-refractivity contribution is 0.458. The van der Waals surface area contributed by atoms with Gasteiger partial charge in [0.15, 0.2) is 8.38 Å². The molecule has 3 heteroatoms. The predicted molar refractivity (Wildman–Crippen MR) is 35.7 cm³/mol. The Morgan fingerprint density at radius 3 is 1.62 bits per heavy atom. The number of hydrogen-bond acceptors (Lipinski definition) is 2. The van der Waals surface area contributed by atoms with Gasteiger partial charge in [0, 0.05) is 5.66 Å². The molecule has 0 spiro atoms. The Morgan fingerprint density at radius 2 is 1.62 bits per heavy atom. The van der Waals surface area contributed by atoms with Gasteiger partial charge in [-0.05, 0) is 12.8 Å². The molecule has 0 amide bonds. The van der Waals surface area contributed by atoms with Crippen molar-refractivity contribution in [2.24, 2.45) is 0 Å². The number of hydrogen-bond donors (Lipinski definition) is 2. The van der Waals surface area contributed by atoms with Crippen molar-refractivity contribution in [3.8, 4) is 0 Å². The van der Waals surface area contributed by atoms with Crippen LogP contribution in [0.5, 0.6) is 0 Å². The Bertz CT molecular complexity index is 52.4. The molecule has 0 aliphatic rings. The summed E-state index contributed by atoms with van der Waals surface area (Å²) in [5.41, 5.74) is 0.130. The minimum absolute atomic E-state index is 0.130. The highest BCUT2D eigenvalue weighted by molar-refractivity contribution is 7.45. The molecule has 50 valence electrons. The first-order valence-electron chi connectivity index (χ1n) is 2.89. The molecule has 2 N–H and O–H groups in total. The Labute approximate surface area is 51.5 Å². The summed E-state index contributed by atoms with van der Waals surface area (Å²) >= 11 is 0. The van der Waals surface area contributed by atoms with Crippen LogP contribution in [0, 0.1) is 0 Å². The molecule has 0 saturated carbocycles. The lowest BCUT2D eigenvalue weighted by Crippen LogP contribution is -1.99. The summed E-state index contributed by atoms with van der Waals surface area (Å²) in [6, 6.07) is 0. The smallest absolute Gasteiger partial charge is 0.168 e. The summed E-state index contributed by atoms with van der Waals surface area (Å²) in [5, 5.41) is 0. The van der Waals surface area contributed by atoms with Crippen LogP contribution in [0.1, 0.15) is 26.7 Å². The molecule has 0 aromatic rings. The quantitative estimate of drug-likeness (QED) is 0.577. The summed E-state index contributed by atoms with van der Waals surface area (Å²) in [6.07, 6.45) is 1.74. The van der Waals surface area contributed by atoms with Crippen LogP contribution in [0.15, 0.2) is 0 Å². The SMILES string of the molecule is CCC(CC)P(O)O. The maximum atomic E-state index is 8.63. The van der Waals surface area contributed by atoms with Crippen molar-refractivity contribution in [3.63, 3.8) is 0 Å². The first-order valence-corrected chi connectivity index (χ1v) is 4.21. The molecule has 2 nitrogen and oxygen atoms in total. The van der Waals surface area contributed by atoms with Crippen LogP contribution in [0.4, 0.5) is 0 Å². The van der Waals surface area contributed by atoms with Gasteiger partial charge in [-0.15, -0.1) is 0 Å². The summed E-state index contributed by atoms with van der Waals surface area (Å²) in [7, 11) is -1.66. The molecular formula is C5H13O2P. The Morgan fingerprint density at radius 1 is 1.25 bits per heavy atom. The fraction of sp³-hybridized carbons (Fsp3) is 1.00. The summed E-state index contributed by atoms with van der Waals surface area (Å²) in [5.74, 6) is 0. The number of rotatable bonds is 3. The third kappa shape index (κ3) is 2.61. The van der Waals surface area contributed by atoms with Crippen LogP contribution in [-0.4, -0.2) is 15.4 Å². The largest absolute Gasteiger partial charge is 0.350 e. The van der Waals surface area contributed by atoms with E-state index in [2.05, 4.69) is 0 Å². The zero-order valence-corrected chi connectivity index (χ0v) is 6.23. The normalized spacial score (nSPS) is 11.2. The molecule has 0 heterocycles. The molecule has 8 heavy (non-hydrogen) atoms. The molecule has 0 radical (unpaired) electrons. The van der Waals surface area contributed by atoms with E-state index in [-0.39, 0.29) is 5.66 Å². The molecule has 0 atom stereocenters. The Kier molecular flexibility index (Phi) is 4.44. The van der Waals surface area contributed by atoms with Crippen molar-refractivity contribution in [2.75, 3.05) is 0 Å². The van der Waals surface area contributed by atoms with Gasteiger partial charge in [-0.1, -0.05) is 13.8 Å². The van der Waals surface area contributed by atoms with E-state index in [0.29, 0.717) is 0 Å². The Balaban J connectivity index is 3.35. The van der Waals surface area contributed by atoms with E-state index < -0.39 is 8.38 Å².